The topological polar surface area (TPSA) is 59.1 Å². The zero-order valence-corrected chi connectivity index (χ0v) is 10.7. The molecule has 0 bridgehead atoms. The number of pyridine rings is 1. The van der Waals surface area contributed by atoms with Gasteiger partial charge in [0.15, 0.2) is 0 Å². The van der Waals surface area contributed by atoms with Crippen LogP contribution >= 0.6 is 11.8 Å². The second-order valence-electron chi connectivity index (χ2n) is 3.87. The highest BCUT2D eigenvalue weighted by Crippen LogP contribution is 2.25. The highest BCUT2D eigenvalue weighted by Gasteiger charge is 2.07. The zero-order chi connectivity index (χ0) is 12.0. The number of thioether (sulfide) groups is 1. The molecule has 4 heteroatoms. The van der Waals surface area contributed by atoms with Crippen LogP contribution in [0.1, 0.15) is 38.4 Å². The number of hydrogen-bond acceptors (Lipinski definition) is 4. The molecular formula is C12H20N2OS. The Hall–Kier alpha value is -0.580. The van der Waals surface area contributed by atoms with Crippen LogP contribution in [0.4, 0.5) is 0 Å². The van der Waals surface area contributed by atoms with Crippen molar-refractivity contribution < 1.29 is 5.11 Å². The minimum atomic E-state index is 0.0360. The van der Waals surface area contributed by atoms with Crippen molar-refractivity contribution in [2.24, 2.45) is 5.73 Å². The van der Waals surface area contributed by atoms with Crippen LogP contribution in [0.5, 0.6) is 0 Å². The van der Waals surface area contributed by atoms with Crippen molar-refractivity contribution in [3.05, 3.63) is 24.0 Å². The van der Waals surface area contributed by atoms with Crippen molar-refractivity contribution in [1.29, 1.82) is 0 Å². The third-order valence-electron chi connectivity index (χ3n) is 2.45. The molecule has 2 atom stereocenters. The normalized spacial score (nSPS) is 14.8. The molecule has 1 aromatic rings. The van der Waals surface area contributed by atoms with Gasteiger partial charge in [0.1, 0.15) is 0 Å². The molecule has 0 saturated carbocycles. The lowest BCUT2D eigenvalue weighted by Gasteiger charge is -2.11. The maximum absolute atomic E-state index is 8.82. The molecule has 0 aliphatic rings. The Labute approximate surface area is 101 Å². The summed E-state index contributed by atoms with van der Waals surface area (Å²) in [6, 6.07) is 4.08. The van der Waals surface area contributed by atoms with E-state index in [-0.39, 0.29) is 12.6 Å². The van der Waals surface area contributed by atoms with Gasteiger partial charge in [0, 0.05) is 29.0 Å². The second kappa shape index (κ2) is 6.89. The summed E-state index contributed by atoms with van der Waals surface area (Å²) in [5.41, 5.74) is 6.84. The van der Waals surface area contributed by atoms with Crippen molar-refractivity contribution in [2.75, 3.05) is 6.61 Å². The molecule has 1 heterocycles. The van der Waals surface area contributed by atoms with E-state index in [1.165, 1.54) is 0 Å². The first kappa shape index (κ1) is 13.5. The van der Waals surface area contributed by atoms with Crippen molar-refractivity contribution in [3.8, 4) is 0 Å². The molecule has 0 radical (unpaired) electrons. The van der Waals surface area contributed by atoms with E-state index in [1.807, 2.05) is 12.3 Å². The Morgan fingerprint density at radius 1 is 1.50 bits per heavy atom. The summed E-state index contributed by atoms with van der Waals surface area (Å²) in [5.74, 6) is 0. The average molecular weight is 240 g/mol. The molecule has 0 fully saturated rings. The van der Waals surface area contributed by atoms with Gasteiger partial charge in [0.2, 0.25) is 0 Å². The Kier molecular flexibility index (Phi) is 5.80. The van der Waals surface area contributed by atoms with Crippen molar-refractivity contribution >= 4 is 11.8 Å². The van der Waals surface area contributed by atoms with Crippen LogP contribution in [0.3, 0.4) is 0 Å². The highest BCUT2D eigenvalue weighted by molar-refractivity contribution is 7.99. The maximum atomic E-state index is 8.82. The summed E-state index contributed by atoms with van der Waals surface area (Å²) in [6.07, 6.45) is 3.57. The lowest BCUT2D eigenvalue weighted by atomic mass is 10.1. The number of hydrogen-bond donors (Lipinski definition) is 2. The first-order chi connectivity index (χ1) is 7.67. The monoisotopic (exact) mass is 240 g/mol. The number of rotatable bonds is 6. The molecule has 90 valence electrons. The predicted octanol–water partition coefficient (Wildman–Crippen LogP) is 2.35. The van der Waals surface area contributed by atoms with E-state index in [0.717, 1.165) is 23.4 Å². The summed E-state index contributed by atoms with van der Waals surface area (Å²) < 4.78 is 0. The molecule has 1 rings (SSSR count). The average Bonchev–Trinajstić information content (AvgIpc) is 2.29. The van der Waals surface area contributed by atoms with E-state index < -0.39 is 0 Å². The van der Waals surface area contributed by atoms with Gasteiger partial charge in [-0.1, -0.05) is 13.8 Å². The van der Waals surface area contributed by atoms with E-state index in [9.17, 15) is 0 Å². The van der Waals surface area contributed by atoms with Gasteiger partial charge in [-0.15, -0.1) is 11.8 Å². The van der Waals surface area contributed by atoms with Crippen LogP contribution in [-0.4, -0.2) is 21.9 Å². The smallest absolute Gasteiger partial charge is 0.0571 e. The lowest BCUT2D eigenvalue weighted by molar-refractivity contribution is 0.289. The lowest BCUT2D eigenvalue weighted by Crippen LogP contribution is -2.10. The Balaban J connectivity index is 2.57. The molecule has 3 nitrogen and oxygen atoms in total. The van der Waals surface area contributed by atoms with Gasteiger partial charge in [-0.2, -0.15) is 0 Å². The molecule has 0 spiro atoms. The quantitative estimate of drug-likeness (QED) is 0.749. The van der Waals surface area contributed by atoms with Crippen molar-refractivity contribution in [3.63, 3.8) is 0 Å². The van der Waals surface area contributed by atoms with Gasteiger partial charge >= 0.3 is 0 Å². The number of nitrogens with zero attached hydrogens (tertiary/aromatic N) is 1. The summed E-state index contributed by atoms with van der Waals surface area (Å²) in [4.78, 5) is 5.49. The van der Waals surface area contributed by atoms with Crippen LogP contribution < -0.4 is 5.73 Å². The molecule has 0 saturated heterocycles. The van der Waals surface area contributed by atoms with Crippen LogP contribution in [0.15, 0.2) is 23.2 Å². The van der Waals surface area contributed by atoms with Crippen molar-refractivity contribution in [1.82, 2.24) is 4.98 Å². The third-order valence-corrected chi connectivity index (χ3v) is 3.60. The Morgan fingerprint density at radius 3 is 2.75 bits per heavy atom. The molecule has 1 unspecified atom stereocenters. The third kappa shape index (κ3) is 4.12. The Morgan fingerprint density at radius 2 is 2.25 bits per heavy atom. The number of aromatic nitrogens is 1. The molecule has 0 aliphatic heterocycles. The SMILES string of the molecule is CC[C@H](N)c1ccc(SC(C)CCO)cn1. The first-order valence-electron chi connectivity index (χ1n) is 5.66. The minimum absolute atomic E-state index is 0.0360. The van der Waals surface area contributed by atoms with E-state index in [0.29, 0.717) is 5.25 Å². The second-order valence-corrected chi connectivity index (χ2v) is 5.39. The van der Waals surface area contributed by atoms with Gasteiger partial charge in [-0.05, 0) is 25.0 Å². The highest BCUT2D eigenvalue weighted by atomic mass is 32.2. The maximum Gasteiger partial charge on any atom is 0.0571 e. The van der Waals surface area contributed by atoms with E-state index in [4.69, 9.17) is 10.8 Å². The molecular weight excluding hydrogens is 220 g/mol. The van der Waals surface area contributed by atoms with E-state index in [2.05, 4.69) is 24.9 Å². The molecule has 0 amide bonds. The van der Waals surface area contributed by atoms with Gasteiger partial charge in [-0.3, -0.25) is 4.98 Å². The fourth-order valence-corrected chi connectivity index (χ4v) is 2.31. The van der Waals surface area contributed by atoms with E-state index in [1.54, 1.807) is 11.8 Å². The fraction of sp³-hybridized carbons (Fsp3) is 0.583. The fourth-order valence-electron chi connectivity index (χ4n) is 1.36. The minimum Gasteiger partial charge on any atom is -0.396 e. The molecule has 0 aromatic carbocycles. The summed E-state index contributed by atoms with van der Waals surface area (Å²) in [7, 11) is 0. The van der Waals surface area contributed by atoms with Gasteiger partial charge < -0.3 is 10.8 Å². The van der Waals surface area contributed by atoms with Crippen molar-refractivity contribution in [2.45, 2.75) is 42.9 Å². The van der Waals surface area contributed by atoms with Crippen LogP contribution in [0.25, 0.3) is 0 Å². The van der Waals surface area contributed by atoms with Gasteiger partial charge in [0.05, 0.1) is 5.69 Å². The van der Waals surface area contributed by atoms with Crippen LogP contribution in [-0.2, 0) is 0 Å². The van der Waals surface area contributed by atoms with Crippen LogP contribution in [0.2, 0.25) is 0 Å². The summed E-state index contributed by atoms with van der Waals surface area (Å²) in [5, 5.41) is 9.23. The Bertz CT molecular complexity index is 302. The standard InChI is InChI=1S/C12H20N2OS/c1-3-11(13)12-5-4-10(8-14-12)16-9(2)6-7-15/h4-5,8-9,11,15H,3,6-7,13H2,1-2H3/t9?,11-/m0/s1. The molecule has 1 aromatic heterocycles. The van der Waals surface area contributed by atoms with Crippen LogP contribution in [0, 0.1) is 0 Å². The number of aliphatic hydroxyl groups is 1. The number of aliphatic hydroxyl groups excluding tert-OH is 1. The van der Waals surface area contributed by atoms with E-state index >= 15 is 0 Å². The summed E-state index contributed by atoms with van der Waals surface area (Å²) in [6.45, 7) is 4.39. The molecule has 3 N–H and O–H groups in total. The molecule has 16 heavy (non-hydrogen) atoms. The largest absolute Gasteiger partial charge is 0.396 e. The predicted molar refractivity (Wildman–Crippen MR) is 68.5 cm³/mol. The number of nitrogens with two attached hydrogens (primary N) is 1. The zero-order valence-electron chi connectivity index (χ0n) is 9.89. The van der Waals surface area contributed by atoms with Gasteiger partial charge in [-0.25, -0.2) is 0 Å². The van der Waals surface area contributed by atoms with Gasteiger partial charge in [0.25, 0.3) is 0 Å². The first-order valence-corrected chi connectivity index (χ1v) is 6.54. The summed E-state index contributed by atoms with van der Waals surface area (Å²) >= 11 is 1.73. The molecule has 0 aliphatic carbocycles.